The van der Waals surface area contributed by atoms with Crippen molar-refractivity contribution in [2.75, 3.05) is 0 Å². The van der Waals surface area contributed by atoms with Gasteiger partial charge in [0.15, 0.2) is 0 Å². The van der Waals surface area contributed by atoms with E-state index in [0.29, 0.717) is 26.9 Å². The molecule has 142 valence electrons. The maximum Gasteiger partial charge on any atom is 0.275 e. The molecule has 3 aromatic rings. The molecule has 1 amide bonds. The zero-order valence-electron chi connectivity index (χ0n) is 14.6. The third-order valence-electron chi connectivity index (χ3n) is 3.78. The minimum Gasteiger partial charge on any atom is -0.508 e. The predicted molar refractivity (Wildman–Crippen MR) is 110 cm³/mol. The SMILES string of the molecule is O=C(N/N=C/c1cccc(O)c1)c1ccccc1OCc1ccc(Cl)cc1Cl. The van der Waals surface area contributed by atoms with Crippen molar-refractivity contribution in [3.8, 4) is 11.5 Å². The molecule has 0 aliphatic heterocycles. The Bertz CT molecular complexity index is 1020. The monoisotopic (exact) mass is 414 g/mol. The first kappa shape index (κ1) is 19.7. The molecule has 0 aliphatic rings. The van der Waals surface area contributed by atoms with Crippen molar-refractivity contribution in [1.29, 1.82) is 0 Å². The molecular formula is C21H16Cl2N2O3. The first-order valence-corrected chi connectivity index (χ1v) is 9.07. The van der Waals surface area contributed by atoms with Gasteiger partial charge in [-0.3, -0.25) is 4.79 Å². The quantitative estimate of drug-likeness (QED) is 0.438. The van der Waals surface area contributed by atoms with Crippen LogP contribution < -0.4 is 10.2 Å². The number of hydrogen-bond donors (Lipinski definition) is 2. The number of benzene rings is 3. The van der Waals surface area contributed by atoms with Gasteiger partial charge in [-0.25, -0.2) is 5.43 Å². The molecule has 7 heteroatoms. The summed E-state index contributed by atoms with van der Waals surface area (Å²) in [6.07, 6.45) is 1.44. The minimum atomic E-state index is -0.422. The summed E-state index contributed by atoms with van der Waals surface area (Å²) in [4.78, 5) is 12.4. The van der Waals surface area contributed by atoms with E-state index < -0.39 is 5.91 Å². The van der Waals surface area contributed by atoms with Crippen LogP contribution in [0.2, 0.25) is 10.0 Å². The molecule has 0 heterocycles. The lowest BCUT2D eigenvalue weighted by Gasteiger charge is -2.11. The second kappa shape index (κ2) is 9.26. The number of ether oxygens (including phenoxy) is 1. The van der Waals surface area contributed by atoms with Crippen molar-refractivity contribution >= 4 is 35.3 Å². The first-order valence-electron chi connectivity index (χ1n) is 8.31. The number of phenols is 1. The van der Waals surface area contributed by atoms with Gasteiger partial charge in [-0.05, 0) is 42.0 Å². The van der Waals surface area contributed by atoms with Crippen LogP contribution in [0.3, 0.4) is 0 Å². The third-order valence-corrected chi connectivity index (χ3v) is 4.37. The first-order chi connectivity index (χ1) is 13.5. The van der Waals surface area contributed by atoms with Gasteiger partial charge in [-0.2, -0.15) is 5.10 Å². The Hall–Kier alpha value is -3.02. The van der Waals surface area contributed by atoms with E-state index in [1.54, 1.807) is 60.7 Å². The highest BCUT2D eigenvalue weighted by Crippen LogP contribution is 2.24. The van der Waals surface area contributed by atoms with Crippen LogP contribution in [0.15, 0.2) is 71.8 Å². The Morgan fingerprint density at radius 2 is 1.89 bits per heavy atom. The molecule has 0 aromatic heterocycles. The van der Waals surface area contributed by atoms with Crippen LogP contribution in [0.4, 0.5) is 0 Å². The summed E-state index contributed by atoms with van der Waals surface area (Å²) in [5.41, 5.74) is 4.19. The molecule has 0 atom stereocenters. The summed E-state index contributed by atoms with van der Waals surface area (Å²) >= 11 is 12.1. The fraction of sp³-hybridized carbons (Fsp3) is 0.0476. The maximum atomic E-state index is 12.4. The normalized spacial score (nSPS) is 10.8. The van der Waals surface area contributed by atoms with Gasteiger partial charge in [0.05, 0.1) is 11.8 Å². The number of para-hydroxylation sites is 1. The van der Waals surface area contributed by atoms with Gasteiger partial charge in [0.25, 0.3) is 5.91 Å². The van der Waals surface area contributed by atoms with Gasteiger partial charge in [-0.1, -0.05) is 53.5 Å². The van der Waals surface area contributed by atoms with Crippen LogP contribution in [0.1, 0.15) is 21.5 Å². The number of rotatable bonds is 6. The molecule has 5 nitrogen and oxygen atoms in total. The zero-order valence-corrected chi connectivity index (χ0v) is 16.1. The van der Waals surface area contributed by atoms with Crippen LogP contribution in [0, 0.1) is 0 Å². The number of hydrogen-bond acceptors (Lipinski definition) is 4. The molecule has 0 radical (unpaired) electrons. The molecule has 0 aliphatic carbocycles. The number of nitrogens with one attached hydrogen (secondary N) is 1. The largest absolute Gasteiger partial charge is 0.508 e. The summed E-state index contributed by atoms with van der Waals surface area (Å²) in [5, 5.41) is 14.4. The van der Waals surface area contributed by atoms with Crippen molar-refractivity contribution in [3.05, 3.63) is 93.5 Å². The van der Waals surface area contributed by atoms with E-state index in [1.807, 2.05) is 0 Å². The van der Waals surface area contributed by atoms with Crippen molar-refractivity contribution < 1.29 is 14.6 Å². The fourth-order valence-corrected chi connectivity index (χ4v) is 2.87. The highest BCUT2D eigenvalue weighted by atomic mass is 35.5. The average Bonchev–Trinajstić information content (AvgIpc) is 2.67. The maximum absolute atomic E-state index is 12.4. The summed E-state index contributed by atoms with van der Waals surface area (Å²) in [5.74, 6) is 0.0997. The number of phenolic OH excluding ortho intramolecular Hbond substituents is 1. The number of hydrazone groups is 1. The van der Waals surface area contributed by atoms with E-state index in [4.69, 9.17) is 27.9 Å². The van der Waals surface area contributed by atoms with Crippen molar-refractivity contribution in [3.63, 3.8) is 0 Å². The second-order valence-electron chi connectivity index (χ2n) is 5.81. The molecule has 0 bridgehead atoms. The third kappa shape index (κ3) is 5.25. The molecule has 0 fully saturated rings. The van der Waals surface area contributed by atoms with Gasteiger partial charge in [0.2, 0.25) is 0 Å². The minimum absolute atomic E-state index is 0.120. The van der Waals surface area contributed by atoms with E-state index in [0.717, 1.165) is 5.56 Å². The van der Waals surface area contributed by atoms with E-state index in [1.165, 1.54) is 12.3 Å². The summed E-state index contributed by atoms with van der Waals surface area (Å²) in [6.45, 7) is 0.187. The smallest absolute Gasteiger partial charge is 0.275 e. The number of halogens is 2. The molecule has 3 aromatic carbocycles. The second-order valence-corrected chi connectivity index (χ2v) is 6.66. The summed E-state index contributed by atoms with van der Waals surface area (Å²) in [7, 11) is 0. The van der Waals surface area contributed by atoms with Gasteiger partial charge < -0.3 is 9.84 Å². The molecule has 0 unspecified atom stereocenters. The van der Waals surface area contributed by atoms with Crippen LogP contribution in [-0.4, -0.2) is 17.2 Å². The lowest BCUT2D eigenvalue weighted by Crippen LogP contribution is -2.18. The average molecular weight is 415 g/mol. The zero-order chi connectivity index (χ0) is 19.9. The highest BCUT2D eigenvalue weighted by molar-refractivity contribution is 6.35. The van der Waals surface area contributed by atoms with Gasteiger partial charge in [0, 0.05) is 15.6 Å². The lowest BCUT2D eigenvalue weighted by atomic mass is 10.2. The van der Waals surface area contributed by atoms with Crippen molar-refractivity contribution in [1.82, 2.24) is 5.43 Å². The van der Waals surface area contributed by atoms with E-state index in [-0.39, 0.29) is 12.4 Å². The highest BCUT2D eigenvalue weighted by Gasteiger charge is 2.12. The van der Waals surface area contributed by atoms with Crippen LogP contribution in [0.5, 0.6) is 11.5 Å². The Morgan fingerprint density at radius 3 is 2.68 bits per heavy atom. The topological polar surface area (TPSA) is 70.9 Å². The van der Waals surface area contributed by atoms with Crippen molar-refractivity contribution in [2.24, 2.45) is 5.10 Å². The summed E-state index contributed by atoms with van der Waals surface area (Å²) < 4.78 is 5.77. The Labute approximate surface area is 172 Å². The van der Waals surface area contributed by atoms with E-state index >= 15 is 0 Å². The number of aromatic hydroxyl groups is 1. The van der Waals surface area contributed by atoms with E-state index in [9.17, 15) is 9.90 Å². The molecular weight excluding hydrogens is 399 g/mol. The number of carbonyl (C=O) groups is 1. The molecule has 0 spiro atoms. The Kier molecular flexibility index (Phi) is 6.53. The van der Waals surface area contributed by atoms with Crippen LogP contribution >= 0.6 is 23.2 Å². The van der Waals surface area contributed by atoms with Gasteiger partial charge in [-0.15, -0.1) is 0 Å². The summed E-state index contributed by atoms with van der Waals surface area (Å²) in [6, 6.07) is 18.5. The molecule has 0 saturated carbocycles. The molecule has 3 rings (SSSR count). The number of nitrogens with zero attached hydrogens (tertiary/aromatic N) is 1. The fourth-order valence-electron chi connectivity index (χ4n) is 2.41. The molecule has 2 N–H and O–H groups in total. The Morgan fingerprint density at radius 1 is 1.07 bits per heavy atom. The van der Waals surface area contributed by atoms with E-state index in [2.05, 4.69) is 10.5 Å². The number of carbonyl (C=O) groups excluding carboxylic acids is 1. The van der Waals surface area contributed by atoms with Crippen LogP contribution in [0.25, 0.3) is 0 Å². The lowest BCUT2D eigenvalue weighted by molar-refractivity contribution is 0.0950. The van der Waals surface area contributed by atoms with Gasteiger partial charge in [0.1, 0.15) is 18.1 Å². The molecule has 28 heavy (non-hydrogen) atoms. The van der Waals surface area contributed by atoms with Gasteiger partial charge >= 0.3 is 0 Å². The van der Waals surface area contributed by atoms with Crippen LogP contribution in [-0.2, 0) is 6.61 Å². The Balaban J connectivity index is 1.68. The molecule has 0 saturated heterocycles. The standard InChI is InChI=1S/C21H16Cl2N2O3/c22-16-9-8-15(19(23)11-16)13-28-20-7-2-1-6-18(20)21(27)25-24-12-14-4-3-5-17(26)10-14/h1-12,26H,13H2,(H,25,27)/b24-12+. The number of amides is 1. The predicted octanol–water partition coefficient (Wildman–Crippen LogP) is 5.04. The van der Waals surface area contributed by atoms with Crippen molar-refractivity contribution in [2.45, 2.75) is 6.61 Å².